The van der Waals surface area contributed by atoms with E-state index in [9.17, 15) is 4.79 Å². The molecule has 3 heterocycles. The lowest BCUT2D eigenvalue weighted by molar-refractivity contribution is 0.0591. The largest absolute Gasteiger partial charge is 0.464 e. The number of fused-ring (bicyclic) bond motifs is 1. The first-order valence-electron chi connectivity index (χ1n) is 6.82. The molecule has 1 atom stereocenters. The highest BCUT2D eigenvalue weighted by Crippen LogP contribution is 2.19. The first-order valence-corrected chi connectivity index (χ1v) is 6.82. The van der Waals surface area contributed by atoms with Crippen molar-refractivity contribution < 1.29 is 9.53 Å². The SMILES string of the molecule is COC(=O)c1cccc2nnc(CC3CCCN3C)n12. The molecule has 3 rings (SSSR count). The van der Waals surface area contributed by atoms with E-state index in [1.807, 2.05) is 6.07 Å². The molecule has 1 saturated heterocycles. The number of methoxy groups -OCH3 is 1. The van der Waals surface area contributed by atoms with Crippen LogP contribution in [0.2, 0.25) is 0 Å². The molecule has 6 heteroatoms. The van der Waals surface area contributed by atoms with Gasteiger partial charge in [-0.2, -0.15) is 0 Å². The maximum Gasteiger partial charge on any atom is 0.355 e. The van der Waals surface area contributed by atoms with Gasteiger partial charge in [0.25, 0.3) is 0 Å². The Morgan fingerprint density at radius 2 is 2.30 bits per heavy atom. The number of likely N-dealkylation sites (tertiary alicyclic amines) is 1. The number of carbonyl (C=O) groups excluding carboxylic acids is 1. The van der Waals surface area contributed by atoms with Crippen LogP contribution in [0.4, 0.5) is 0 Å². The van der Waals surface area contributed by atoms with Crippen LogP contribution < -0.4 is 0 Å². The van der Waals surface area contributed by atoms with E-state index in [1.54, 1.807) is 16.5 Å². The van der Waals surface area contributed by atoms with E-state index in [4.69, 9.17) is 4.74 Å². The van der Waals surface area contributed by atoms with E-state index in [-0.39, 0.29) is 5.97 Å². The van der Waals surface area contributed by atoms with Crippen LogP contribution in [0.3, 0.4) is 0 Å². The topological polar surface area (TPSA) is 59.7 Å². The third kappa shape index (κ3) is 2.16. The van der Waals surface area contributed by atoms with Crippen LogP contribution in [-0.2, 0) is 11.2 Å². The number of pyridine rings is 1. The van der Waals surface area contributed by atoms with Gasteiger partial charge in [0, 0.05) is 12.5 Å². The number of carbonyl (C=O) groups is 1. The molecule has 1 fully saturated rings. The molecular formula is C14H18N4O2. The van der Waals surface area contributed by atoms with Crippen molar-refractivity contribution in [3.63, 3.8) is 0 Å². The second-order valence-electron chi connectivity index (χ2n) is 5.19. The summed E-state index contributed by atoms with van der Waals surface area (Å²) < 4.78 is 6.64. The van der Waals surface area contributed by atoms with Crippen LogP contribution in [0.25, 0.3) is 5.65 Å². The number of hydrogen-bond donors (Lipinski definition) is 0. The van der Waals surface area contributed by atoms with E-state index >= 15 is 0 Å². The normalized spacial score (nSPS) is 19.6. The van der Waals surface area contributed by atoms with Gasteiger partial charge < -0.3 is 9.64 Å². The fourth-order valence-corrected chi connectivity index (χ4v) is 2.84. The van der Waals surface area contributed by atoms with E-state index in [1.165, 1.54) is 13.5 Å². The second kappa shape index (κ2) is 5.20. The highest BCUT2D eigenvalue weighted by atomic mass is 16.5. The van der Waals surface area contributed by atoms with Gasteiger partial charge in [-0.25, -0.2) is 4.79 Å². The molecule has 0 bridgehead atoms. The standard InChI is InChI=1S/C14H18N4O2/c1-17-8-4-5-10(17)9-13-16-15-12-7-3-6-11(18(12)13)14(19)20-2/h3,6-7,10H,4-5,8-9H2,1-2H3. The van der Waals surface area contributed by atoms with Crippen molar-refractivity contribution in [1.29, 1.82) is 0 Å². The Balaban J connectivity index is 2.00. The average Bonchev–Trinajstić information content (AvgIpc) is 3.06. The van der Waals surface area contributed by atoms with Crippen LogP contribution >= 0.6 is 0 Å². The summed E-state index contributed by atoms with van der Waals surface area (Å²) in [6.07, 6.45) is 3.17. The van der Waals surface area contributed by atoms with Gasteiger partial charge in [-0.15, -0.1) is 10.2 Å². The molecule has 0 saturated carbocycles. The van der Waals surface area contributed by atoms with Crippen LogP contribution in [0.1, 0.15) is 29.2 Å². The molecule has 6 nitrogen and oxygen atoms in total. The molecule has 1 unspecified atom stereocenters. The fraction of sp³-hybridized carbons (Fsp3) is 0.500. The number of nitrogens with zero attached hydrogens (tertiary/aromatic N) is 4. The summed E-state index contributed by atoms with van der Waals surface area (Å²) in [5, 5.41) is 8.40. The summed E-state index contributed by atoms with van der Waals surface area (Å²) in [4.78, 5) is 14.2. The van der Waals surface area contributed by atoms with E-state index in [0.29, 0.717) is 17.4 Å². The highest BCUT2D eigenvalue weighted by Gasteiger charge is 2.24. The lowest BCUT2D eigenvalue weighted by Gasteiger charge is -2.18. The summed E-state index contributed by atoms with van der Waals surface area (Å²) in [5.74, 6) is 0.455. The van der Waals surface area contributed by atoms with Crippen molar-refractivity contribution in [3.05, 3.63) is 29.7 Å². The van der Waals surface area contributed by atoms with E-state index < -0.39 is 0 Å². The summed E-state index contributed by atoms with van der Waals surface area (Å²) in [6.45, 7) is 1.12. The Kier molecular flexibility index (Phi) is 3.40. The van der Waals surface area contributed by atoms with Gasteiger partial charge in [0.1, 0.15) is 11.5 Å². The Hall–Kier alpha value is -1.95. The molecule has 2 aromatic heterocycles. The van der Waals surface area contributed by atoms with Crippen LogP contribution in [0, 0.1) is 0 Å². The summed E-state index contributed by atoms with van der Waals surface area (Å²) in [5.41, 5.74) is 1.16. The number of rotatable bonds is 3. The van der Waals surface area contributed by atoms with Gasteiger partial charge >= 0.3 is 5.97 Å². The molecule has 1 aliphatic heterocycles. The van der Waals surface area contributed by atoms with Crippen LogP contribution in [-0.4, -0.2) is 52.2 Å². The maximum atomic E-state index is 11.9. The number of ether oxygens (including phenoxy) is 1. The molecule has 20 heavy (non-hydrogen) atoms. The number of hydrogen-bond acceptors (Lipinski definition) is 5. The molecular weight excluding hydrogens is 256 g/mol. The number of esters is 1. The summed E-state index contributed by atoms with van der Waals surface area (Å²) >= 11 is 0. The lowest BCUT2D eigenvalue weighted by Crippen LogP contribution is -2.28. The predicted octanol–water partition coefficient (Wildman–Crippen LogP) is 1.15. The Morgan fingerprint density at radius 3 is 3.00 bits per heavy atom. The third-order valence-electron chi connectivity index (χ3n) is 3.98. The zero-order valence-electron chi connectivity index (χ0n) is 11.7. The Bertz CT molecular complexity index is 637. The third-order valence-corrected chi connectivity index (χ3v) is 3.98. The Labute approximate surface area is 117 Å². The van der Waals surface area contributed by atoms with Crippen molar-refractivity contribution >= 4 is 11.6 Å². The lowest BCUT2D eigenvalue weighted by atomic mass is 10.1. The van der Waals surface area contributed by atoms with Gasteiger partial charge in [0.2, 0.25) is 0 Å². The highest BCUT2D eigenvalue weighted by molar-refractivity contribution is 5.88. The van der Waals surface area contributed by atoms with Crippen molar-refractivity contribution in [1.82, 2.24) is 19.5 Å². The monoisotopic (exact) mass is 274 g/mol. The minimum atomic E-state index is -0.364. The Morgan fingerprint density at radius 1 is 1.45 bits per heavy atom. The quantitative estimate of drug-likeness (QED) is 0.786. The van der Waals surface area contributed by atoms with Crippen molar-refractivity contribution in [2.45, 2.75) is 25.3 Å². The molecule has 0 amide bonds. The molecule has 106 valence electrons. The number of aromatic nitrogens is 3. The zero-order valence-corrected chi connectivity index (χ0v) is 11.7. The minimum Gasteiger partial charge on any atom is -0.464 e. The molecule has 2 aromatic rings. The van der Waals surface area contributed by atoms with E-state index in [0.717, 1.165) is 25.2 Å². The van der Waals surface area contributed by atoms with Crippen molar-refractivity contribution in [2.24, 2.45) is 0 Å². The second-order valence-corrected chi connectivity index (χ2v) is 5.19. The van der Waals surface area contributed by atoms with Gasteiger partial charge in [-0.3, -0.25) is 4.40 Å². The van der Waals surface area contributed by atoms with Gasteiger partial charge in [-0.05, 0) is 38.6 Å². The molecule has 1 aliphatic rings. The minimum absolute atomic E-state index is 0.364. The first kappa shape index (κ1) is 13.1. The van der Waals surface area contributed by atoms with E-state index in [2.05, 4.69) is 22.1 Å². The zero-order chi connectivity index (χ0) is 14.1. The molecule has 0 aromatic carbocycles. The molecule has 0 spiro atoms. The first-order chi connectivity index (χ1) is 9.70. The molecule has 0 radical (unpaired) electrons. The molecule has 0 N–H and O–H groups in total. The van der Waals surface area contributed by atoms with Crippen LogP contribution in [0.15, 0.2) is 18.2 Å². The predicted molar refractivity (Wildman–Crippen MR) is 73.7 cm³/mol. The van der Waals surface area contributed by atoms with Gasteiger partial charge in [0.15, 0.2) is 5.65 Å². The van der Waals surface area contributed by atoms with Gasteiger partial charge in [0.05, 0.1) is 7.11 Å². The fourth-order valence-electron chi connectivity index (χ4n) is 2.84. The van der Waals surface area contributed by atoms with Crippen LogP contribution in [0.5, 0.6) is 0 Å². The van der Waals surface area contributed by atoms with Crippen molar-refractivity contribution in [3.8, 4) is 0 Å². The average molecular weight is 274 g/mol. The van der Waals surface area contributed by atoms with Gasteiger partial charge in [-0.1, -0.05) is 6.07 Å². The maximum absolute atomic E-state index is 11.9. The number of likely N-dealkylation sites (N-methyl/N-ethyl adjacent to an activating group) is 1. The summed E-state index contributed by atoms with van der Waals surface area (Å²) in [6, 6.07) is 5.85. The smallest absolute Gasteiger partial charge is 0.355 e. The van der Waals surface area contributed by atoms with Crippen molar-refractivity contribution in [2.75, 3.05) is 20.7 Å². The molecule has 0 aliphatic carbocycles. The summed E-state index contributed by atoms with van der Waals surface area (Å²) in [7, 11) is 3.51.